The summed E-state index contributed by atoms with van der Waals surface area (Å²) in [5.74, 6) is 1.28. The second kappa shape index (κ2) is 5.79. The van der Waals surface area contributed by atoms with Gasteiger partial charge in [-0.15, -0.1) is 0 Å². The Bertz CT molecular complexity index is 591. The lowest BCUT2D eigenvalue weighted by atomic mass is 10.1. The average Bonchev–Trinajstić information content (AvgIpc) is 2.48. The molecule has 0 aliphatic carbocycles. The van der Waals surface area contributed by atoms with Gasteiger partial charge in [0.15, 0.2) is 0 Å². The first-order valence-corrected chi connectivity index (χ1v) is 7.67. The molecule has 0 saturated carbocycles. The Kier molecular flexibility index (Phi) is 3.87. The van der Waals surface area contributed by atoms with Crippen LogP contribution in [-0.2, 0) is 0 Å². The third-order valence-corrected chi connectivity index (χ3v) is 4.04. The molecule has 2 N–H and O–H groups in total. The maximum Gasteiger partial charge on any atom is 0.227 e. The zero-order valence-electron chi connectivity index (χ0n) is 11.2. The zero-order valence-corrected chi connectivity index (χ0v) is 12.8. The number of benzene rings is 1. The van der Waals surface area contributed by atoms with Gasteiger partial charge in [-0.3, -0.25) is 0 Å². The van der Waals surface area contributed by atoms with Gasteiger partial charge < -0.3 is 10.6 Å². The van der Waals surface area contributed by atoms with Crippen molar-refractivity contribution in [1.29, 1.82) is 0 Å². The zero-order chi connectivity index (χ0) is 13.9. The molecule has 2 heterocycles. The summed E-state index contributed by atoms with van der Waals surface area (Å²) in [7, 11) is 0. The summed E-state index contributed by atoms with van der Waals surface area (Å²) in [6.45, 7) is 2.03. The van der Waals surface area contributed by atoms with Gasteiger partial charge in [-0.05, 0) is 31.4 Å². The van der Waals surface area contributed by atoms with Crippen LogP contribution in [0.15, 0.2) is 34.8 Å². The lowest BCUT2D eigenvalue weighted by molar-refractivity contribution is 0.568. The number of hydrogen-bond donors (Lipinski definition) is 1. The Morgan fingerprint density at radius 3 is 2.40 bits per heavy atom. The fourth-order valence-electron chi connectivity index (χ4n) is 2.46. The molecule has 5 heteroatoms. The second-order valence-corrected chi connectivity index (χ2v) is 5.95. The van der Waals surface area contributed by atoms with E-state index in [4.69, 9.17) is 5.73 Å². The molecule has 20 heavy (non-hydrogen) atoms. The van der Waals surface area contributed by atoms with Gasteiger partial charge in [-0.1, -0.05) is 28.1 Å². The normalized spacial score (nSPS) is 15.3. The van der Waals surface area contributed by atoms with Crippen molar-refractivity contribution in [2.75, 3.05) is 23.7 Å². The second-order valence-electron chi connectivity index (χ2n) is 5.03. The molecular formula is C15H17BrN4. The van der Waals surface area contributed by atoms with E-state index in [-0.39, 0.29) is 0 Å². The highest BCUT2D eigenvalue weighted by atomic mass is 79.9. The minimum Gasteiger partial charge on any atom is -0.384 e. The monoisotopic (exact) mass is 332 g/mol. The molecule has 1 saturated heterocycles. The standard InChI is InChI=1S/C15H17BrN4/c16-12-6-4-11(5-7-12)13-10-14(17)19-15(18-13)20-8-2-1-3-9-20/h4-7,10H,1-3,8-9H2,(H2,17,18,19). The van der Waals surface area contributed by atoms with E-state index >= 15 is 0 Å². The molecule has 3 rings (SSSR count). The minimum absolute atomic E-state index is 0.526. The maximum absolute atomic E-state index is 5.95. The van der Waals surface area contributed by atoms with E-state index in [2.05, 4.69) is 30.8 Å². The first-order valence-electron chi connectivity index (χ1n) is 6.88. The first kappa shape index (κ1) is 13.4. The third-order valence-electron chi connectivity index (χ3n) is 3.51. The number of halogens is 1. The Labute approximate surface area is 127 Å². The van der Waals surface area contributed by atoms with Gasteiger partial charge in [-0.25, -0.2) is 4.98 Å². The van der Waals surface area contributed by atoms with Gasteiger partial charge in [0.2, 0.25) is 5.95 Å². The van der Waals surface area contributed by atoms with Crippen LogP contribution in [0.3, 0.4) is 0 Å². The molecule has 1 aromatic carbocycles. The van der Waals surface area contributed by atoms with Crippen LogP contribution in [0.2, 0.25) is 0 Å². The average molecular weight is 333 g/mol. The van der Waals surface area contributed by atoms with Crippen molar-refractivity contribution >= 4 is 27.7 Å². The van der Waals surface area contributed by atoms with Crippen LogP contribution in [0.25, 0.3) is 11.3 Å². The SMILES string of the molecule is Nc1cc(-c2ccc(Br)cc2)nc(N2CCCCC2)n1. The number of anilines is 2. The molecule has 0 bridgehead atoms. The summed E-state index contributed by atoms with van der Waals surface area (Å²) >= 11 is 3.44. The maximum atomic E-state index is 5.95. The molecule has 0 atom stereocenters. The molecule has 1 aliphatic rings. The van der Waals surface area contributed by atoms with E-state index in [0.717, 1.165) is 34.8 Å². The summed E-state index contributed by atoms with van der Waals surface area (Å²) in [5, 5.41) is 0. The highest BCUT2D eigenvalue weighted by Crippen LogP contribution is 2.24. The van der Waals surface area contributed by atoms with Crippen LogP contribution < -0.4 is 10.6 Å². The molecule has 1 aromatic heterocycles. The Balaban J connectivity index is 1.95. The van der Waals surface area contributed by atoms with Crippen LogP contribution in [0.4, 0.5) is 11.8 Å². The lowest BCUT2D eigenvalue weighted by Gasteiger charge is -2.27. The number of piperidine rings is 1. The Hall–Kier alpha value is -1.62. The molecule has 104 valence electrons. The first-order chi connectivity index (χ1) is 9.72. The highest BCUT2D eigenvalue weighted by molar-refractivity contribution is 9.10. The summed E-state index contributed by atoms with van der Waals surface area (Å²) in [6, 6.07) is 9.91. The van der Waals surface area contributed by atoms with Crippen LogP contribution in [0, 0.1) is 0 Å². The van der Waals surface area contributed by atoms with Crippen molar-refractivity contribution in [3.05, 3.63) is 34.8 Å². The third kappa shape index (κ3) is 2.93. The number of rotatable bonds is 2. The van der Waals surface area contributed by atoms with Crippen LogP contribution in [0.1, 0.15) is 19.3 Å². The molecule has 0 amide bonds. The largest absolute Gasteiger partial charge is 0.384 e. The number of nitrogens with zero attached hydrogens (tertiary/aromatic N) is 3. The van der Waals surface area contributed by atoms with Crippen molar-refractivity contribution in [2.45, 2.75) is 19.3 Å². The van der Waals surface area contributed by atoms with Gasteiger partial charge in [-0.2, -0.15) is 4.98 Å². The smallest absolute Gasteiger partial charge is 0.227 e. The molecule has 2 aromatic rings. The molecular weight excluding hydrogens is 316 g/mol. The summed E-state index contributed by atoms with van der Waals surface area (Å²) in [4.78, 5) is 11.3. The van der Waals surface area contributed by atoms with E-state index in [1.54, 1.807) is 0 Å². The van der Waals surface area contributed by atoms with Crippen molar-refractivity contribution in [3.8, 4) is 11.3 Å². The predicted octanol–water partition coefficient (Wildman–Crippen LogP) is 3.48. The lowest BCUT2D eigenvalue weighted by Crippen LogP contribution is -2.31. The van der Waals surface area contributed by atoms with Crippen LogP contribution >= 0.6 is 15.9 Å². The molecule has 4 nitrogen and oxygen atoms in total. The number of nitrogen functional groups attached to an aromatic ring is 1. The fourth-order valence-corrected chi connectivity index (χ4v) is 2.72. The minimum atomic E-state index is 0.526. The van der Waals surface area contributed by atoms with Gasteiger partial charge >= 0.3 is 0 Å². The number of aromatic nitrogens is 2. The van der Waals surface area contributed by atoms with Crippen molar-refractivity contribution in [1.82, 2.24) is 9.97 Å². The van der Waals surface area contributed by atoms with Crippen molar-refractivity contribution in [3.63, 3.8) is 0 Å². The predicted molar refractivity (Wildman–Crippen MR) is 85.6 cm³/mol. The van der Waals surface area contributed by atoms with Crippen molar-refractivity contribution < 1.29 is 0 Å². The van der Waals surface area contributed by atoms with Crippen molar-refractivity contribution in [2.24, 2.45) is 0 Å². The molecule has 1 aliphatic heterocycles. The van der Waals surface area contributed by atoms with E-state index in [1.165, 1.54) is 19.3 Å². The van der Waals surface area contributed by atoms with E-state index in [1.807, 2.05) is 30.3 Å². The van der Waals surface area contributed by atoms with Gasteiger partial charge in [0, 0.05) is 29.2 Å². The summed E-state index contributed by atoms with van der Waals surface area (Å²) < 4.78 is 1.06. The summed E-state index contributed by atoms with van der Waals surface area (Å²) in [5.41, 5.74) is 7.88. The van der Waals surface area contributed by atoms with E-state index in [9.17, 15) is 0 Å². The fraction of sp³-hybridized carbons (Fsp3) is 0.333. The number of hydrogen-bond acceptors (Lipinski definition) is 4. The highest BCUT2D eigenvalue weighted by Gasteiger charge is 2.15. The number of nitrogens with two attached hydrogens (primary N) is 1. The Morgan fingerprint density at radius 2 is 1.70 bits per heavy atom. The van der Waals surface area contributed by atoms with E-state index in [0.29, 0.717) is 5.82 Å². The van der Waals surface area contributed by atoms with E-state index < -0.39 is 0 Å². The molecule has 1 fully saturated rings. The molecule has 0 unspecified atom stereocenters. The quantitative estimate of drug-likeness (QED) is 0.914. The molecule has 0 spiro atoms. The Morgan fingerprint density at radius 1 is 1.00 bits per heavy atom. The van der Waals surface area contributed by atoms with Gasteiger partial charge in [0.25, 0.3) is 0 Å². The molecule has 0 radical (unpaired) electrons. The topological polar surface area (TPSA) is 55.0 Å². The summed E-state index contributed by atoms with van der Waals surface area (Å²) in [6.07, 6.45) is 3.69. The van der Waals surface area contributed by atoms with Crippen LogP contribution in [0.5, 0.6) is 0 Å². The van der Waals surface area contributed by atoms with Gasteiger partial charge in [0.1, 0.15) is 5.82 Å². The van der Waals surface area contributed by atoms with Gasteiger partial charge in [0.05, 0.1) is 5.69 Å². The van der Waals surface area contributed by atoms with Crippen LogP contribution in [-0.4, -0.2) is 23.1 Å².